The van der Waals surface area contributed by atoms with Crippen LogP contribution in [-0.2, 0) is 10.0 Å². The summed E-state index contributed by atoms with van der Waals surface area (Å²) in [6.45, 7) is 1.39. The minimum atomic E-state index is -3.82. The molecule has 0 radical (unpaired) electrons. The first-order chi connectivity index (χ1) is 12.5. The van der Waals surface area contributed by atoms with Gasteiger partial charge in [-0.25, -0.2) is 8.42 Å². The van der Waals surface area contributed by atoms with Gasteiger partial charge in [0.1, 0.15) is 16.4 Å². The SMILES string of the molecule is COc1ccccc1C1CNCCN1S(=O)(=O)c1cc(Cl)ccc1OC.Cl. The number of sulfonamides is 1. The van der Waals surface area contributed by atoms with Crippen LogP contribution in [0.15, 0.2) is 47.4 Å². The average molecular weight is 433 g/mol. The van der Waals surface area contributed by atoms with Crippen molar-refractivity contribution in [1.82, 2.24) is 9.62 Å². The van der Waals surface area contributed by atoms with E-state index in [-0.39, 0.29) is 23.1 Å². The molecule has 1 atom stereocenters. The van der Waals surface area contributed by atoms with Gasteiger partial charge in [-0.2, -0.15) is 4.31 Å². The third-order valence-corrected chi connectivity index (χ3v) is 6.57. The number of nitrogens with zero attached hydrogens (tertiary/aromatic N) is 1. The van der Waals surface area contributed by atoms with E-state index in [1.165, 1.54) is 17.5 Å². The Morgan fingerprint density at radius 1 is 1.11 bits per heavy atom. The minimum Gasteiger partial charge on any atom is -0.496 e. The second kappa shape index (κ2) is 9.12. The van der Waals surface area contributed by atoms with Gasteiger partial charge in [-0.1, -0.05) is 29.8 Å². The van der Waals surface area contributed by atoms with Crippen molar-refractivity contribution >= 4 is 34.0 Å². The zero-order valence-electron chi connectivity index (χ0n) is 15.0. The number of ether oxygens (including phenoxy) is 2. The Balaban J connectivity index is 0.00000261. The van der Waals surface area contributed by atoms with E-state index in [1.54, 1.807) is 19.2 Å². The van der Waals surface area contributed by atoms with Crippen LogP contribution < -0.4 is 14.8 Å². The highest BCUT2D eigenvalue weighted by Gasteiger charge is 2.37. The Bertz CT molecular complexity index is 893. The van der Waals surface area contributed by atoms with Crippen LogP contribution >= 0.6 is 24.0 Å². The second-order valence-electron chi connectivity index (χ2n) is 5.87. The summed E-state index contributed by atoms with van der Waals surface area (Å²) >= 11 is 6.05. The molecule has 2 aromatic carbocycles. The van der Waals surface area contributed by atoms with Gasteiger partial charge >= 0.3 is 0 Å². The lowest BCUT2D eigenvalue weighted by atomic mass is 10.0. The largest absolute Gasteiger partial charge is 0.496 e. The van der Waals surface area contributed by atoms with Crippen molar-refractivity contribution in [2.75, 3.05) is 33.9 Å². The number of para-hydroxylation sites is 1. The quantitative estimate of drug-likeness (QED) is 0.785. The lowest BCUT2D eigenvalue weighted by Crippen LogP contribution is -2.48. The Labute approximate surface area is 170 Å². The summed E-state index contributed by atoms with van der Waals surface area (Å²) in [6, 6.07) is 11.6. The molecule has 0 saturated carbocycles. The number of benzene rings is 2. The highest BCUT2D eigenvalue weighted by atomic mass is 35.5. The predicted molar refractivity (Wildman–Crippen MR) is 108 cm³/mol. The van der Waals surface area contributed by atoms with Crippen molar-refractivity contribution in [3.8, 4) is 11.5 Å². The average Bonchev–Trinajstić information content (AvgIpc) is 2.68. The van der Waals surface area contributed by atoms with Gasteiger partial charge in [-0.3, -0.25) is 0 Å². The normalized spacial score (nSPS) is 17.8. The van der Waals surface area contributed by atoms with Crippen molar-refractivity contribution < 1.29 is 17.9 Å². The second-order valence-corrected chi connectivity index (χ2v) is 8.17. The zero-order chi connectivity index (χ0) is 18.7. The fourth-order valence-corrected chi connectivity index (χ4v) is 5.18. The van der Waals surface area contributed by atoms with E-state index in [4.69, 9.17) is 21.1 Å². The van der Waals surface area contributed by atoms with Crippen LogP contribution in [-0.4, -0.2) is 46.6 Å². The molecule has 1 aliphatic heterocycles. The summed E-state index contributed by atoms with van der Waals surface area (Å²) in [5.41, 5.74) is 0.812. The fraction of sp³-hybridized carbons (Fsp3) is 0.333. The maximum absolute atomic E-state index is 13.4. The van der Waals surface area contributed by atoms with Crippen molar-refractivity contribution in [2.24, 2.45) is 0 Å². The van der Waals surface area contributed by atoms with Crippen LogP contribution in [0, 0.1) is 0 Å². The molecule has 0 spiro atoms. The molecule has 0 aromatic heterocycles. The van der Waals surface area contributed by atoms with E-state index < -0.39 is 16.1 Å². The molecule has 2 aromatic rings. The molecule has 27 heavy (non-hydrogen) atoms. The van der Waals surface area contributed by atoms with E-state index in [9.17, 15) is 8.42 Å². The number of rotatable bonds is 5. The summed E-state index contributed by atoms with van der Waals surface area (Å²) in [7, 11) is -0.802. The van der Waals surface area contributed by atoms with Crippen LogP contribution in [0.5, 0.6) is 11.5 Å². The van der Waals surface area contributed by atoms with Crippen LogP contribution in [0.4, 0.5) is 0 Å². The Morgan fingerprint density at radius 2 is 1.81 bits per heavy atom. The Kier molecular flexibility index (Phi) is 7.36. The molecular formula is C18H22Cl2N2O4S. The lowest BCUT2D eigenvalue weighted by molar-refractivity contribution is 0.263. The monoisotopic (exact) mass is 432 g/mol. The maximum atomic E-state index is 13.4. The Morgan fingerprint density at radius 3 is 2.52 bits per heavy atom. The van der Waals surface area contributed by atoms with Crippen molar-refractivity contribution in [1.29, 1.82) is 0 Å². The number of piperazine rings is 1. The number of halogens is 2. The highest BCUT2D eigenvalue weighted by molar-refractivity contribution is 7.89. The van der Waals surface area contributed by atoms with Crippen LogP contribution in [0.25, 0.3) is 0 Å². The molecule has 6 nitrogen and oxygen atoms in total. The first-order valence-electron chi connectivity index (χ1n) is 8.18. The minimum absolute atomic E-state index is 0. The third kappa shape index (κ3) is 4.33. The van der Waals surface area contributed by atoms with Crippen LogP contribution in [0.1, 0.15) is 11.6 Å². The molecule has 1 fully saturated rings. The number of hydrogen-bond acceptors (Lipinski definition) is 5. The summed E-state index contributed by atoms with van der Waals surface area (Å²) in [6.07, 6.45) is 0. The highest BCUT2D eigenvalue weighted by Crippen LogP contribution is 2.37. The fourth-order valence-electron chi connectivity index (χ4n) is 3.16. The van der Waals surface area contributed by atoms with Crippen molar-refractivity contribution in [3.63, 3.8) is 0 Å². The first kappa shape index (κ1) is 21.8. The number of hydrogen-bond donors (Lipinski definition) is 1. The topological polar surface area (TPSA) is 67.9 Å². The van der Waals surface area contributed by atoms with Gasteiger partial charge < -0.3 is 14.8 Å². The predicted octanol–water partition coefficient (Wildman–Crippen LogP) is 3.11. The molecule has 1 heterocycles. The molecular weight excluding hydrogens is 411 g/mol. The van der Waals surface area contributed by atoms with Crippen molar-refractivity contribution in [3.05, 3.63) is 53.1 Å². The van der Waals surface area contributed by atoms with E-state index in [2.05, 4.69) is 5.32 Å². The molecule has 0 bridgehead atoms. The van der Waals surface area contributed by atoms with Crippen LogP contribution in [0.3, 0.4) is 0 Å². The first-order valence-corrected chi connectivity index (χ1v) is 10.00. The van der Waals surface area contributed by atoms with Gasteiger partial charge in [0.25, 0.3) is 0 Å². The lowest BCUT2D eigenvalue weighted by Gasteiger charge is -2.36. The molecule has 1 saturated heterocycles. The molecule has 3 rings (SSSR count). The smallest absolute Gasteiger partial charge is 0.247 e. The number of methoxy groups -OCH3 is 2. The molecule has 0 amide bonds. The molecule has 9 heteroatoms. The van der Waals surface area contributed by atoms with Crippen molar-refractivity contribution in [2.45, 2.75) is 10.9 Å². The van der Waals surface area contributed by atoms with Gasteiger partial charge in [0.15, 0.2) is 0 Å². The summed E-state index contributed by atoms with van der Waals surface area (Å²) < 4.78 is 39.0. The molecule has 1 unspecified atom stereocenters. The van der Waals surface area contributed by atoms with E-state index in [1.807, 2.05) is 24.3 Å². The van der Waals surface area contributed by atoms with Gasteiger partial charge in [0, 0.05) is 30.2 Å². The summed E-state index contributed by atoms with van der Waals surface area (Å²) in [5.74, 6) is 0.922. The van der Waals surface area contributed by atoms with E-state index >= 15 is 0 Å². The van der Waals surface area contributed by atoms with Gasteiger partial charge in [0.2, 0.25) is 10.0 Å². The summed E-state index contributed by atoms with van der Waals surface area (Å²) in [5, 5.41) is 3.60. The third-order valence-electron chi connectivity index (χ3n) is 4.40. The summed E-state index contributed by atoms with van der Waals surface area (Å²) in [4.78, 5) is 0.0642. The van der Waals surface area contributed by atoms with Crippen LogP contribution in [0.2, 0.25) is 5.02 Å². The molecule has 148 valence electrons. The van der Waals surface area contributed by atoms with E-state index in [0.717, 1.165) is 5.56 Å². The Hall–Kier alpha value is -1.51. The molecule has 1 aliphatic rings. The van der Waals surface area contributed by atoms with E-state index in [0.29, 0.717) is 30.4 Å². The molecule has 1 N–H and O–H groups in total. The molecule has 0 aliphatic carbocycles. The number of nitrogens with one attached hydrogen (secondary N) is 1. The van der Waals surface area contributed by atoms with Gasteiger partial charge in [-0.15, -0.1) is 12.4 Å². The maximum Gasteiger partial charge on any atom is 0.247 e. The van der Waals surface area contributed by atoms with Gasteiger partial charge in [0.05, 0.1) is 20.3 Å². The standard InChI is InChI=1S/C18H21ClN2O4S.ClH/c1-24-16-6-4-3-5-14(16)15-12-20-9-10-21(15)26(22,23)18-11-13(19)7-8-17(18)25-2;/h3-8,11,15,20H,9-10,12H2,1-2H3;1H. The zero-order valence-corrected chi connectivity index (χ0v) is 17.4. The van der Waals surface area contributed by atoms with Gasteiger partial charge in [-0.05, 0) is 24.3 Å².